The van der Waals surface area contributed by atoms with Crippen LogP contribution in [-0.2, 0) is 9.59 Å². The van der Waals surface area contributed by atoms with E-state index in [1.807, 2.05) is 30.5 Å². The second kappa shape index (κ2) is 5.71. The first-order chi connectivity index (χ1) is 13.7. The molecule has 6 rings (SSSR count). The number of hydrogen-bond donors (Lipinski definition) is 2. The van der Waals surface area contributed by atoms with E-state index in [-0.39, 0.29) is 17.7 Å². The number of H-pyrrole nitrogens is 1. The van der Waals surface area contributed by atoms with Crippen LogP contribution >= 0.6 is 0 Å². The van der Waals surface area contributed by atoms with Crippen molar-refractivity contribution in [3.63, 3.8) is 0 Å². The lowest BCUT2D eigenvalue weighted by atomic mass is 9.74. The molecule has 28 heavy (non-hydrogen) atoms. The molecule has 4 heterocycles. The summed E-state index contributed by atoms with van der Waals surface area (Å²) in [6.45, 7) is 1.01. The number of carbonyl (C=O) groups excluding carboxylic acids is 2. The second-order valence-electron chi connectivity index (χ2n) is 8.17. The number of allylic oxidation sites excluding steroid dienone is 2. The Bertz CT molecular complexity index is 1110. The monoisotopic (exact) mass is 371 g/mol. The van der Waals surface area contributed by atoms with Gasteiger partial charge in [0, 0.05) is 35.8 Å². The quantitative estimate of drug-likeness (QED) is 0.798. The maximum absolute atomic E-state index is 12.9. The molecular formula is C23H21N3O2. The minimum absolute atomic E-state index is 0.170. The molecule has 0 saturated carbocycles. The van der Waals surface area contributed by atoms with Crippen molar-refractivity contribution in [3.8, 4) is 0 Å². The molecule has 4 atom stereocenters. The summed E-state index contributed by atoms with van der Waals surface area (Å²) in [4.78, 5) is 31.4. The van der Waals surface area contributed by atoms with Gasteiger partial charge in [0.15, 0.2) is 0 Å². The lowest BCUT2D eigenvalue weighted by Crippen LogP contribution is -2.39. The van der Waals surface area contributed by atoms with Crippen molar-refractivity contribution < 1.29 is 9.59 Å². The van der Waals surface area contributed by atoms with Gasteiger partial charge in [0.05, 0.1) is 17.9 Å². The highest BCUT2D eigenvalue weighted by Gasteiger charge is 2.51. The van der Waals surface area contributed by atoms with Gasteiger partial charge in [0.1, 0.15) is 0 Å². The predicted octanol–water partition coefficient (Wildman–Crippen LogP) is 3.00. The molecule has 2 unspecified atom stereocenters. The van der Waals surface area contributed by atoms with Crippen LogP contribution in [0.25, 0.3) is 10.9 Å². The lowest BCUT2D eigenvalue weighted by molar-refractivity contribution is -0.125. The Morgan fingerprint density at radius 2 is 1.93 bits per heavy atom. The van der Waals surface area contributed by atoms with E-state index in [4.69, 9.17) is 0 Å². The summed E-state index contributed by atoms with van der Waals surface area (Å²) in [6.07, 6.45) is 12.9. The Labute approximate surface area is 162 Å². The highest BCUT2D eigenvalue weighted by atomic mass is 16.2. The van der Waals surface area contributed by atoms with Crippen LogP contribution in [0.1, 0.15) is 24.3 Å². The Hall–Kier alpha value is -3.08. The molecule has 2 fully saturated rings. The van der Waals surface area contributed by atoms with Gasteiger partial charge in [-0.05, 0) is 35.6 Å². The molecule has 5 nitrogen and oxygen atoms in total. The molecule has 3 aliphatic heterocycles. The summed E-state index contributed by atoms with van der Waals surface area (Å²) >= 11 is 0. The maximum atomic E-state index is 12.9. The third-order valence-corrected chi connectivity index (χ3v) is 6.75. The topological polar surface area (TPSA) is 65.2 Å². The number of imide groups is 1. The molecule has 0 bridgehead atoms. The van der Waals surface area contributed by atoms with Gasteiger partial charge in [0.2, 0.25) is 11.8 Å². The summed E-state index contributed by atoms with van der Waals surface area (Å²) in [5.41, 5.74) is 4.42. The van der Waals surface area contributed by atoms with Gasteiger partial charge in [-0.25, -0.2) is 0 Å². The summed E-state index contributed by atoms with van der Waals surface area (Å²) in [6, 6.07) is 8.28. The zero-order valence-corrected chi connectivity index (χ0v) is 15.4. The van der Waals surface area contributed by atoms with Crippen LogP contribution in [0.4, 0.5) is 0 Å². The molecule has 2 N–H and O–H groups in total. The third kappa shape index (κ3) is 2.07. The van der Waals surface area contributed by atoms with Crippen LogP contribution in [0, 0.1) is 11.8 Å². The largest absolute Gasteiger partial charge is 0.370 e. The number of fused-ring (bicyclic) bond motifs is 1. The fraction of sp³-hybridized carbons (Fsp3) is 0.304. The lowest BCUT2D eigenvalue weighted by Gasteiger charge is -2.37. The first-order valence-electron chi connectivity index (χ1n) is 9.98. The van der Waals surface area contributed by atoms with Crippen molar-refractivity contribution in [2.24, 2.45) is 11.8 Å². The average Bonchev–Trinajstić information content (AvgIpc) is 3.37. The van der Waals surface area contributed by atoms with Gasteiger partial charge in [-0.2, -0.15) is 0 Å². The average molecular weight is 371 g/mol. The minimum Gasteiger partial charge on any atom is -0.370 e. The molecule has 0 spiro atoms. The summed E-state index contributed by atoms with van der Waals surface area (Å²) in [7, 11) is 0. The van der Waals surface area contributed by atoms with Crippen molar-refractivity contribution in [3.05, 3.63) is 71.6 Å². The van der Waals surface area contributed by atoms with E-state index in [2.05, 4.69) is 39.6 Å². The van der Waals surface area contributed by atoms with Crippen LogP contribution in [0.5, 0.6) is 0 Å². The fourth-order valence-corrected chi connectivity index (χ4v) is 5.59. The molecule has 4 aliphatic rings. The molecule has 1 aromatic carbocycles. The number of para-hydroxylation sites is 1. The molecule has 1 aromatic heterocycles. The number of piperidine rings is 1. The summed E-state index contributed by atoms with van der Waals surface area (Å²) in [5, 5.41) is 3.62. The van der Waals surface area contributed by atoms with Gasteiger partial charge in [0.25, 0.3) is 0 Å². The fourth-order valence-electron chi connectivity index (χ4n) is 5.59. The number of benzene rings is 1. The number of rotatable bonds is 2. The number of aromatic amines is 1. The van der Waals surface area contributed by atoms with Crippen LogP contribution in [0.3, 0.4) is 0 Å². The molecule has 2 amide bonds. The number of amides is 2. The third-order valence-electron chi connectivity index (χ3n) is 6.75. The van der Waals surface area contributed by atoms with E-state index >= 15 is 0 Å². The van der Waals surface area contributed by atoms with E-state index in [1.165, 1.54) is 5.57 Å². The normalized spacial score (nSPS) is 31.1. The van der Waals surface area contributed by atoms with Gasteiger partial charge < -0.3 is 9.88 Å². The van der Waals surface area contributed by atoms with Gasteiger partial charge in [-0.1, -0.05) is 36.4 Å². The summed E-state index contributed by atoms with van der Waals surface area (Å²) in [5.74, 6) is -1.13. The van der Waals surface area contributed by atoms with E-state index in [0.29, 0.717) is 6.04 Å². The van der Waals surface area contributed by atoms with Crippen LogP contribution in [0.2, 0.25) is 0 Å². The SMILES string of the molecule is O=C1NC(=O)[C@@H](c2c[nH]c3ccccc23)[C@@H]1C1=CN2CCCC3=CC=CC1C32. The van der Waals surface area contributed by atoms with Crippen LogP contribution in [-0.4, -0.2) is 34.3 Å². The van der Waals surface area contributed by atoms with Gasteiger partial charge in [-0.15, -0.1) is 0 Å². The molecule has 5 heteroatoms. The number of hydrogen-bond acceptors (Lipinski definition) is 3. The Morgan fingerprint density at radius 3 is 2.86 bits per heavy atom. The summed E-state index contributed by atoms with van der Waals surface area (Å²) < 4.78 is 0. The zero-order valence-electron chi connectivity index (χ0n) is 15.4. The van der Waals surface area contributed by atoms with Crippen molar-refractivity contribution in [2.45, 2.75) is 24.8 Å². The van der Waals surface area contributed by atoms with E-state index in [9.17, 15) is 9.59 Å². The van der Waals surface area contributed by atoms with Crippen molar-refractivity contribution in [1.82, 2.24) is 15.2 Å². The van der Waals surface area contributed by atoms with Crippen LogP contribution in [0.15, 0.2) is 66.0 Å². The van der Waals surface area contributed by atoms with E-state index in [0.717, 1.165) is 41.4 Å². The van der Waals surface area contributed by atoms with Gasteiger partial charge >= 0.3 is 0 Å². The Morgan fingerprint density at radius 1 is 1.07 bits per heavy atom. The Balaban J connectivity index is 1.47. The first kappa shape index (κ1) is 15.9. The molecule has 0 radical (unpaired) electrons. The van der Waals surface area contributed by atoms with Crippen molar-refractivity contribution in [1.29, 1.82) is 0 Å². The first-order valence-corrected chi connectivity index (χ1v) is 9.98. The molecule has 2 saturated heterocycles. The predicted molar refractivity (Wildman–Crippen MR) is 106 cm³/mol. The zero-order chi connectivity index (χ0) is 18.8. The van der Waals surface area contributed by atoms with Crippen molar-refractivity contribution in [2.75, 3.05) is 6.54 Å². The number of nitrogens with one attached hydrogen (secondary N) is 2. The minimum atomic E-state index is -0.487. The van der Waals surface area contributed by atoms with Gasteiger partial charge in [-0.3, -0.25) is 14.9 Å². The number of carbonyl (C=O) groups is 2. The number of aromatic nitrogens is 1. The van der Waals surface area contributed by atoms with Crippen molar-refractivity contribution >= 4 is 22.7 Å². The smallest absolute Gasteiger partial charge is 0.235 e. The Kier molecular flexibility index (Phi) is 3.25. The molecule has 1 aliphatic carbocycles. The highest BCUT2D eigenvalue weighted by Crippen LogP contribution is 2.48. The highest BCUT2D eigenvalue weighted by molar-refractivity contribution is 6.10. The maximum Gasteiger partial charge on any atom is 0.235 e. The standard InChI is InChI=1S/C23H21N3O2/c27-22-19(16-11-24-18-9-2-1-7-14(16)18)20(23(28)25-22)17-12-26-10-4-6-13-5-3-8-15(17)21(13)26/h1-3,5,7-9,11-12,15,19-21,24H,4,6,10H2,(H,25,27,28)/t15?,19-,20-,21?/m0/s1. The second-order valence-corrected chi connectivity index (χ2v) is 8.17. The molecular weight excluding hydrogens is 350 g/mol. The number of nitrogens with zero attached hydrogens (tertiary/aromatic N) is 1. The molecule has 2 aromatic rings. The van der Waals surface area contributed by atoms with E-state index < -0.39 is 11.8 Å². The van der Waals surface area contributed by atoms with Crippen LogP contribution < -0.4 is 5.32 Å². The molecule has 140 valence electrons. The van der Waals surface area contributed by atoms with E-state index in [1.54, 1.807) is 0 Å².